The Bertz CT molecular complexity index is 967. The van der Waals surface area contributed by atoms with Crippen molar-refractivity contribution in [1.29, 1.82) is 0 Å². The van der Waals surface area contributed by atoms with Gasteiger partial charge in [-0.25, -0.2) is 4.98 Å². The van der Waals surface area contributed by atoms with Crippen molar-refractivity contribution in [2.45, 2.75) is 6.92 Å². The summed E-state index contributed by atoms with van der Waals surface area (Å²) in [4.78, 5) is 22.5. The molecule has 0 unspecified atom stereocenters. The molecule has 0 atom stereocenters. The van der Waals surface area contributed by atoms with Crippen LogP contribution in [0.4, 0.5) is 11.5 Å². The highest BCUT2D eigenvalue weighted by Crippen LogP contribution is 2.31. The molecule has 1 fully saturated rings. The van der Waals surface area contributed by atoms with Gasteiger partial charge in [0.15, 0.2) is 5.82 Å². The number of aromatic amines is 1. The topological polar surface area (TPSA) is 70.2 Å². The Morgan fingerprint density at radius 3 is 2.78 bits per heavy atom. The molecule has 8 heteroatoms. The standard InChI is InChI=1S/C19H19ClN4O2.ClH/c1-12-10-21-17-16(12)13(19(25)24-6-8-26-9-7-24)11-22-18(17)23-15-5-3-2-4-14(15)20;/h2-5,10-11,21H,6-9H2,1H3,(H,22,23);1H. The molecule has 0 spiro atoms. The number of aromatic nitrogens is 2. The lowest BCUT2D eigenvalue weighted by atomic mass is 10.1. The molecule has 6 nitrogen and oxygen atoms in total. The van der Waals surface area contributed by atoms with Crippen LogP contribution in [-0.2, 0) is 4.74 Å². The molecule has 0 saturated carbocycles. The number of para-hydroxylation sites is 1. The molecule has 2 aromatic heterocycles. The summed E-state index contributed by atoms with van der Waals surface area (Å²) in [5, 5.41) is 4.75. The summed E-state index contributed by atoms with van der Waals surface area (Å²) in [6.07, 6.45) is 3.53. The minimum Gasteiger partial charge on any atom is -0.378 e. The predicted octanol–water partition coefficient (Wildman–Crippen LogP) is 4.16. The van der Waals surface area contributed by atoms with Crippen LogP contribution in [0, 0.1) is 6.92 Å². The number of nitrogens with zero attached hydrogens (tertiary/aromatic N) is 2. The van der Waals surface area contributed by atoms with E-state index in [0.29, 0.717) is 42.7 Å². The largest absolute Gasteiger partial charge is 0.378 e. The van der Waals surface area contributed by atoms with Crippen LogP contribution in [0.15, 0.2) is 36.7 Å². The number of benzene rings is 1. The van der Waals surface area contributed by atoms with E-state index in [9.17, 15) is 4.79 Å². The highest BCUT2D eigenvalue weighted by molar-refractivity contribution is 6.33. The monoisotopic (exact) mass is 406 g/mol. The zero-order valence-electron chi connectivity index (χ0n) is 14.8. The third kappa shape index (κ3) is 3.74. The van der Waals surface area contributed by atoms with E-state index >= 15 is 0 Å². The van der Waals surface area contributed by atoms with E-state index in [2.05, 4.69) is 15.3 Å². The molecule has 1 aliphatic rings. The number of amides is 1. The summed E-state index contributed by atoms with van der Waals surface area (Å²) in [7, 11) is 0. The first-order valence-corrected chi connectivity index (χ1v) is 8.88. The van der Waals surface area contributed by atoms with Crippen LogP contribution in [0.3, 0.4) is 0 Å². The molecule has 1 saturated heterocycles. The van der Waals surface area contributed by atoms with Gasteiger partial charge in [-0.3, -0.25) is 4.79 Å². The van der Waals surface area contributed by atoms with Crippen LogP contribution < -0.4 is 5.32 Å². The van der Waals surface area contributed by atoms with Gasteiger partial charge in [-0.05, 0) is 24.6 Å². The molecular weight excluding hydrogens is 387 g/mol. The maximum absolute atomic E-state index is 13.0. The SMILES string of the molecule is Cc1c[nH]c2c(Nc3ccccc3Cl)ncc(C(=O)N3CCOCC3)c12.Cl. The van der Waals surface area contributed by atoms with Crippen LogP contribution >= 0.6 is 24.0 Å². The van der Waals surface area contributed by atoms with E-state index in [0.717, 1.165) is 22.2 Å². The van der Waals surface area contributed by atoms with E-state index in [-0.39, 0.29) is 18.3 Å². The van der Waals surface area contributed by atoms with Crippen molar-refractivity contribution in [3.8, 4) is 0 Å². The Morgan fingerprint density at radius 2 is 2.04 bits per heavy atom. The van der Waals surface area contributed by atoms with Gasteiger partial charge < -0.3 is 19.9 Å². The van der Waals surface area contributed by atoms with E-state index in [1.165, 1.54) is 0 Å². The number of fused-ring (bicyclic) bond motifs is 1. The molecule has 3 heterocycles. The second kappa shape index (κ2) is 8.17. The first-order chi connectivity index (χ1) is 12.6. The second-order valence-corrected chi connectivity index (χ2v) is 6.66. The van der Waals surface area contributed by atoms with E-state index in [4.69, 9.17) is 16.3 Å². The minimum atomic E-state index is -0.0159. The summed E-state index contributed by atoms with van der Waals surface area (Å²) >= 11 is 6.24. The fourth-order valence-corrected chi connectivity index (χ4v) is 3.38. The Kier molecular flexibility index (Phi) is 5.89. The number of carbonyl (C=O) groups is 1. The molecule has 0 bridgehead atoms. The van der Waals surface area contributed by atoms with Crippen molar-refractivity contribution >= 4 is 52.3 Å². The summed E-state index contributed by atoms with van der Waals surface area (Å²) in [5.41, 5.74) is 3.16. The first-order valence-electron chi connectivity index (χ1n) is 8.50. The number of anilines is 2. The number of H-pyrrole nitrogens is 1. The molecule has 0 aliphatic carbocycles. The molecule has 0 radical (unpaired) electrons. The lowest BCUT2D eigenvalue weighted by Crippen LogP contribution is -2.40. The number of halogens is 2. The van der Waals surface area contributed by atoms with Gasteiger partial charge in [-0.1, -0.05) is 23.7 Å². The van der Waals surface area contributed by atoms with Gasteiger partial charge in [0.05, 0.1) is 35.0 Å². The van der Waals surface area contributed by atoms with Crippen molar-refractivity contribution in [3.63, 3.8) is 0 Å². The van der Waals surface area contributed by atoms with Gasteiger partial charge in [0.2, 0.25) is 0 Å². The van der Waals surface area contributed by atoms with Crippen molar-refractivity contribution in [3.05, 3.63) is 52.8 Å². The van der Waals surface area contributed by atoms with Gasteiger partial charge in [-0.2, -0.15) is 0 Å². The third-order valence-corrected chi connectivity index (χ3v) is 4.89. The zero-order valence-corrected chi connectivity index (χ0v) is 16.4. The van der Waals surface area contributed by atoms with Crippen LogP contribution in [0.25, 0.3) is 10.9 Å². The fraction of sp³-hybridized carbons (Fsp3) is 0.263. The van der Waals surface area contributed by atoms with Crippen molar-refractivity contribution in [2.24, 2.45) is 0 Å². The van der Waals surface area contributed by atoms with Gasteiger partial charge in [0.25, 0.3) is 5.91 Å². The summed E-state index contributed by atoms with van der Waals surface area (Å²) in [5.74, 6) is 0.623. The molecule has 2 N–H and O–H groups in total. The number of carbonyl (C=O) groups excluding carboxylic acids is 1. The zero-order chi connectivity index (χ0) is 18.1. The molecule has 3 aromatic rings. The summed E-state index contributed by atoms with van der Waals surface area (Å²) in [6, 6.07) is 7.48. The number of nitrogens with one attached hydrogen (secondary N) is 2. The second-order valence-electron chi connectivity index (χ2n) is 6.25. The maximum Gasteiger partial charge on any atom is 0.256 e. The normalized spacial score (nSPS) is 14.1. The number of rotatable bonds is 3. The molecule has 1 aliphatic heterocycles. The Morgan fingerprint density at radius 1 is 1.30 bits per heavy atom. The smallest absolute Gasteiger partial charge is 0.256 e. The number of ether oxygens (including phenoxy) is 1. The van der Waals surface area contributed by atoms with E-state index in [1.807, 2.05) is 42.3 Å². The number of hydrogen-bond acceptors (Lipinski definition) is 4. The Balaban J connectivity index is 0.00000210. The van der Waals surface area contributed by atoms with Crippen LogP contribution in [0.5, 0.6) is 0 Å². The molecule has 1 amide bonds. The summed E-state index contributed by atoms with van der Waals surface area (Å²) < 4.78 is 5.34. The average molecular weight is 407 g/mol. The van der Waals surface area contributed by atoms with Crippen molar-refractivity contribution < 1.29 is 9.53 Å². The van der Waals surface area contributed by atoms with Gasteiger partial charge >= 0.3 is 0 Å². The highest BCUT2D eigenvalue weighted by atomic mass is 35.5. The van der Waals surface area contributed by atoms with Gasteiger partial charge in [0.1, 0.15) is 0 Å². The number of aryl methyl sites for hydroxylation is 1. The predicted molar refractivity (Wildman–Crippen MR) is 110 cm³/mol. The van der Waals surface area contributed by atoms with E-state index < -0.39 is 0 Å². The molecule has 142 valence electrons. The van der Waals surface area contributed by atoms with Crippen molar-refractivity contribution in [2.75, 3.05) is 31.6 Å². The van der Waals surface area contributed by atoms with Crippen molar-refractivity contribution in [1.82, 2.24) is 14.9 Å². The lowest BCUT2D eigenvalue weighted by Gasteiger charge is -2.27. The Labute approximate surface area is 168 Å². The quantitative estimate of drug-likeness (QED) is 0.684. The number of hydrogen-bond donors (Lipinski definition) is 2. The van der Waals surface area contributed by atoms with E-state index in [1.54, 1.807) is 6.20 Å². The number of pyridine rings is 1. The van der Waals surface area contributed by atoms with Gasteiger partial charge in [-0.15, -0.1) is 12.4 Å². The lowest BCUT2D eigenvalue weighted by molar-refractivity contribution is 0.0304. The number of morpholine rings is 1. The average Bonchev–Trinajstić information content (AvgIpc) is 3.06. The van der Waals surface area contributed by atoms with Crippen LogP contribution in [-0.4, -0.2) is 47.1 Å². The van der Waals surface area contributed by atoms with Crippen LogP contribution in [0.2, 0.25) is 5.02 Å². The molecule has 27 heavy (non-hydrogen) atoms. The Hall–Kier alpha value is -2.28. The summed E-state index contributed by atoms with van der Waals surface area (Å²) in [6.45, 7) is 4.32. The van der Waals surface area contributed by atoms with Crippen LogP contribution in [0.1, 0.15) is 15.9 Å². The molecular formula is C19H20Cl2N4O2. The first kappa shape index (κ1) is 19.5. The third-order valence-electron chi connectivity index (χ3n) is 4.56. The maximum atomic E-state index is 13.0. The highest BCUT2D eigenvalue weighted by Gasteiger charge is 2.23. The molecule has 1 aromatic carbocycles. The molecule has 4 rings (SSSR count). The van der Waals surface area contributed by atoms with Gasteiger partial charge in [0, 0.05) is 30.9 Å². The fourth-order valence-electron chi connectivity index (χ4n) is 3.20. The minimum absolute atomic E-state index is 0.